The molecule has 1 heterocycles. The summed E-state index contributed by atoms with van der Waals surface area (Å²) in [5.74, 6) is 0.563. The number of hydrogen-bond donors (Lipinski definition) is 2. The number of nitrogens with two attached hydrogens (primary N) is 1. The first-order chi connectivity index (χ1) is 14.0. The summed E-state index contributed by atoms with van der Waals surface area (Å²) < 4.78 is 11.2. The fourth-order valence-corrected chi connectivity index (χ4v) is 3.79. The van der Waals surface area contributed by atoms with Gasteiger partial charge in [-0.15, -0.1) is 11.3 Å². The molecule has 0 fully saturated rings. The summed E-state index contributed by atoms with van der Waals surface area (Å²) in [6, 6.07) is 16.3. The summed E-state index contributed by atoms with van der Waals surface area (Å²) in [7, 11) is 0. The summed E-state index contributed by atoms with van der Waals surface area (Å²) >= 11 is 1.34. The number of carbonyl (C=O) groups is 2. The summed E-state index contributed by atoms with van der Waals surface area (Å²) in [5.41, 5.74) is 7.05. The Hall–Kier alpha value is -3.32. The highest BCUT2D eigenvalue weighted by Gasteiger charge is 2.19. The van der Waals surface area contributed by atoms with E-state index in [1.54, 1.807) is 24.3 Å². The third-order valence-corrected chi connectivity index (χ3v) is 5.46. The van der Waals surface area contributed by atoms with Gasteiger partial charge in [-0.05, 0) is 55.8 Å². The van der Waals surface area contributed by atoms with Crippen molar-refractivity contribution in [3.05, 3.63) is 76.2 Å². The number of hydrogen-bond acceptors (Lipinski definition) is 5. The number of benzene rings is 2. The van der Waals surface area contributed by atoms with Gasteiger partial charge in [-0.2, -0.15) is 0 Å². The van der Waals surface area contributed by atoms with E-state index in [4.69, 9.17) is 15.2 Å². The van der Waals surface area contributed by atoms with Gasteiger partial charge in [0.1, 0.15) is 29.7 Å². The average molecular weight is 410 g/mol. The minimum Gasteiger partial charge on any atom is -0.490 e. The number of rotatable bonds is 8. The van der Waals surface area contributed by atoms with Gasteiger partial charge < -0.3 is 20.5 Å². The van der Waals surface area contributed by atoms with Gasteiger partial charge in [-0.25, -0.2) is 0 Å². The fourth-order valence-electron chi connectivity index (χ4n) is 2.73. The molecule has 3 aromatic rings. The Kier molecular flexibility index (Phi) is 6.51. The van der Waals surface area contributed by atoms with Crippen LogP contribution in [0.3, 0.4) is 0 Å². The average Bonchev–Trinajstić information content (AvgIpc) is 3.00. The van der Waals surface area contributed by atoms with Crippen LogP contribution < -0.4 is 20.5 Å². The highest BCUT2D eigenvalue weighted by molar-refractivity contribution is 7.16. The Balaban J connectivity index is 1.55. The van der Waals surface area contributed by atoms with Crippen molar-refractivity contribution >= 4 is 28.2 Å². The van der Waals surface area contributed by atoms with E-state index < -0.39 is 5.91 Å². The van der Waals surface area contributed by atoms with E-state index in [0.717, 1.165) is 16.2 Å². The number of primary amides is 1. The van der Waals surface area contributed by atoms with Gasteiger partial charge >= 0.3 is 0 Å². The van der Waals surface area contributed by atoms with Gasteiger partial charge in [-0.1, -0.05) is 18.2 Å². The normalized spacial score (nSPS) is 10.4. The van der Waals surface area contributed by atoms with Crippen molar-refractivity contribution in [1.29, 1.82) is 0 Å². The molecule has 29 heavy (non-hydrogen) atoms. The quantitative estimate of drug-likeness (QED) is 0.545. The molecule has 6 nitrogen and oxygen atoms in total. The topological polar surface area (TPSA) is 90.7 Å². The fraction of sp³-hybridized carbons (Fsp3) is 0.182. The minimum absolute atomic E-state index is 0.312. The van der Waals surface area contributed by atoms with Gasteiger partial charge in [0, 0.05) is 10.4 Å². The molecule has 3 N–H and O–H groups in total. The molecule has 150 valence electrons. The van der Waals surface area contributed by atoms with Crippen molar-refractivity contribution < 1.29 is 19.1 Å². The molecule has 2 aromatic carbocycles. The molecular formula is C22H22N2O4S. The largest absolute Gasteiger partial charge is 0.490 e. The molecular weight excluding hydrogens is 388 g/mol. The van der Waals surface area contributed by atoms with E-state index >= 15 is 0 Å². The maximum atomic E-state index is 12.5. The van der Waals surface area contributed by atoms with E-state index in [-0.39, 0.29) is 5.91 Å². The van der Waals surface area contributed by atoms with Crippen LogP contribution >= 0.6 is 11.3 Å². The van der Waals surface area contributed by atoms with Crippen molar-refractivity contribution in [1.82, 2.24) is 0 Å². The van der Waals surface area contributed by atoms with Crippen LogP contribution in [0.5, 0.6) is 11.5 Å². The van der Waals surface area contributed by atoms with Gasteiger partial charge in [-0.3, -0.25) is 9.59 Å². The second kappa shape index (κ2) is 9.25. The van der Waals surface area contributed by atoms with E-state index in [2.05, 4.69) is 5.32 Å². The number of para-hydroxylation sites is 1. The van der Waals surface area contributed by atoms with Crippen LogP contribution in [0.4, 0.5) is 5.00 Å². The van der Waals surface area contributed by atoms with Crippen LogP contribution in [0, 0.1) is 13.8 Å². The molecule has 0 spiro atoms. The van der Waals surface area contributed by atoms with E-state index in [1.165, 1.54) is 11.3 Å². The van der Waals surface area contributed by atoms with Gasteiger partial charge in [0.25, 0.3) is 11.8 Å². The number of aryl methyl sites for hydroxylation is 1. The molecule has 7 heteroatoms. The van der Waals surface area contributed by atoms with Gasteiger partial charge in [0.05, 0.1) is 5.56 Å². The summed E-state index contributed by atoms with van der Waals surface area (Å²) in [6.45, 7) is 4.50. The zero-order chi connectivity index (χ0) is 20.8. The van der Waals surface area contributed by atoms with Crippen molar-refractivity contribution in [3.63, 3.8) is 0 Å². The highest BCUT2D eigenvalue weighted by atomic mass is 32.1. The lowest BCUT2D eigenvalue weighted by Crippen LogP contribution is -2.17. The third-order valence-electron chi connectivity index (χ3n) is 4.34. The molecule has 0 saturated carbocycles. The number of ether oxygens (including phenoxy) is 2. The third kappa shape index (κ3) is 5.14. The molecule has 0 bridgehead atoms. The van der Waals surface area contributed by atoms with Crippen molar-refractivity contribution in [3.8, 4) is 11.5 Å². The Morgan fingerprint density at radius 2 is 1.52 bits per heavy atom. The Labute approximate surface area is 173 Å². The number of nitrogens with one attached hydrogen (secondary N) is 1. The summed E-state index contributed by atoms with van der Waals surface area (Å²) in [6.07, 6.45) is 0. The molecule has 3 rings (SSSR count). The number of thiophene rings is 1. The van der Waals surface area contributed by atoms with Crippen LogP contribution in [-0.2, 0) is 0 Å². The van der Waals surface area contributed by atoms with Crippen LogP contribution in [-0.4, -0.2) is 25.0 Å². The highest BCUT2D eigenvalue weighted by Crippen LogP contribution is 2.32. The van der Waals surface area contributed by atoms with Crippen molar-refractivity contribution in [2.75, 3.05) is 18.5 Å². The Morgan fingerprint density at radius 3 is 2.10 bits per heavy atom. The molecule has 0 atom stereocenters. The standard InChI is InChI=1S/C22H22N2O4S/c1-14-15(2)29-22(19(14)20(23)25)24-21(26)16-8-10-18(11-9-16)28-13-12-27-17-6-4-3-5-7-17/h3-11H,12-13H2,1-2H3,(H2,23,25)(H,24,26). The zero-order valence-corrected chi connectivity index (χ0v) is 17.0. The van der Waals surface area contributed by atoms with Crippen LogP contribution in [0.2, 0.25) is 0 Å². The summed E-state index contributed by atoms with van der Waals surface area (Å²) in [4.78, 5) is 25.1. The first kappa shape index (κ1) is 20.4. The van der Waals surface area contributed by atoms with Gasteiger partial charge in [0.2, 0.25) is 0 Å². The molecule has 1 aromatic heterocycles. The van der Waals surface area contributed by atoms with Crippen LogP contribution in [0.15, 0.2) is 54.6 Å². The predicted octanol–water partition coefficient (Wildman–Crippen LogP) is 4.17. The molecule has 0 saturated heterocycles. The smallest absolute Gasteiger partial charge is 0.256 e. The maximum absolute atomic E-state index is 12.5. The van der Waals surface area contributed by atoms with E-state index in [9.17, 15) is 9.59 Å². The second-order valence-electron chi connectivity index (χ2n) is 6.34. The molecule has 2 amide bonds. The lowest BCUT2D eigenvalue weighted by molar-refractivity contribution is 0.100. The predicted molar refractivity (Wildman–Crippen MR) is 114 cm³/mol. The Morgan fingerprint density at radius 1 is 0.931 bits per heavy atom. The lowest BCUT2D eigenvalue weighted by atomic mass is 10.1. The van der Waals surface area contributed by atoms with Crippen LogP contribution in [0.25, 0.3) is 0 Å². The van der Waals surface area contributed by atoms with E-state index in [1.807, 2.05) is 44.2 Å². The van der Waals surface area contributed by atoms with Crippen LogP contribution in [0.1, 0.15) is 31.2 Å². The molecule has 0 unspecified atom stereocenters. The zero-order valence-electron chi connectivity index (χ0n) is 16.2. The first-order valence-corrected chi connectivity index (χ1v) is 9.89. The summed E-state index contributed by atoms with van der Waals surface area (Å²) in [5, 5.41) is 3.25. The lowest BCUT2D eigenvalue weighted by Gasteiger charge is -2.09. The maximum Gasteiger partial charge on any atom is 0.256 e. The first-order valence-electron chi connectivity index (χ1n) is 9.07. The molecule has 0 aliphatic carbocycles. The Bertz CT molecular complexity index is 998. The minimum atomic E-state index is -0.552. The van der Waals surface area contributed by atoms with Gasteiger partial charge in [0.15, 0.2) is 0 Å². The molecule has 0 radical (unpaired) electrons. The van der Waals surface area contributed by atoms with Crippen molar-refractivity contribution in [2.24, 2.45) is 5.73 Å². The number of amides is 2. The molecule has 0 aliphatic heterocycles. The SMILES string of the molecule is Cc1sc(NC(=O)c2ccc(OCCOc3ccccc3)cc2)c(C(N)=O)c1C. The second-order valence-corrected chi connectivity index (χ2v) is 7.56. The number of anilines is 1. The monoisotopic (exact) mass is 410 g/mol. The van der Waals surface area contributed by atoms with Crippen molar-refractivity contribution in [2.45, 2.75) is 13.8 Å². The molecule has 0 aliphatic rings. The number of carbonyl (C=O) groups excluding carboxylic acids is 2. The van der Waals surface area contributed by atoms with E-state index in [0.29, 0.717) is 35.1 Å².